The molecule has 5 nitrogen and oxygen atoms in total. The number of nitrogens with one attached hydrogen (secondary N) is 1. The van der Waals surface area contributed by atoms with Gasteiger partial charge in [-0.3, -0.25) is 9.69 Å². The van der Waals surface area contributed by atoms with E-state index in [-0.39, 0.29) is 5.91 Å². The number of nitrogens with zero attached hydrogens (tertiary/aromatic N) is 1. The molecule has 1 aromatic rings. The van der Waals surface area contributed by atoms with E-state index >= 15 is 0 Å². The Hall–Kier alpha value is -2.04. The van der Waals surface area contributed by atoms with Crippen molar-refractivity contribution in [3.05, 3.63) is 35.9 Å². The second-order valence-corrected chi connectivity index (χ2v) is 4.76. The topological polar surface area (TPSA) is 58.6 Å². The lowest BCUT2D eigenvalue weighted by molar-refractivity contribution is -0.126. The van der Waals surface area contributed by atoms with E-state index < -0.39 is 12.1 Å². The van der Waals surface area contributed by atoms with Gasteiger partial charge in [-0.1, -0.05) is 30.3 Å². The standard InChI is InChI=1S/C15H20N2O3/c1-2-16-14(18)13(11-12-7-4-3-5-8-12)17-9-6-10-20-15(17)19/h3-5,7-8,13H,2,6,9-11H2,1H3,(H,16,18)/t13-/m1/s1. The highest BCUT2D eigenvalue weighted by molar-refractivity contribution is 5.86. The SMILES string of the molecule is CCNC(=O)[C@@H](Cc1ccccc1)N1CCCOC1=O. The van der Waals surface area contributed by atoms with Gasteiger partial charge in [-0.25, -0.2) is 4.79 Å². The van der Waals surface area contributed by atoms with Crippen LogP contribution in [0.15, 0.2) is 30.3 Å². The summed E-state index contributed by atoms with van der Waals surface area (Å²) in [6.07, 6.45) is 0.863. The molecule has 1 N–H and O–H groups in total. The van der Waals surface area contributed by atoms with Crippen LogP contribution in [0.25, 0.3) is 0 Å². The van der Waals surface area contributed by atoms with Crippen molar-refractivity contribution < 1.29 is 14.3 Å². The Morgan fingerprint density at radius 1 is 1.40 bits per heavy atom. The van der Waals surface area contributed by atoms with Crippen molar-refractivity contribution in [2.45, 2.75) is 25.8 Å². The summed E-state index contributed by atoms with van der Waals surface area (Å²) in [6, 6.07) is 9.20. The Labute approximate surface area is 118 Å². The summed E-state index contributed by atoms with van der Waals surface area (Å²) in [5.74, 6) is -0.129. The summed E-state index contributed by atoms with van der Waals surface area (Å²) in [6.45, 7) is 3.41. The van der Waals surface area contributed by atoms with Gasteiger partial charge in [-0.15, -0.1) is 0 Å². The van der Waals surface area contributed by atoms with E-state index in [0.29, 0.717) is 26.1 Å². The van der Waals surface area contributed by atoms with Gasteiger partial charge >= 0.3 is 6.09 Å². The number of hydrogen-bond donors (Lipinski definition) is 1. The first kappa shape index (κ1) is 14.4. The van der Waals surface area contributed by atoms with Gasteiger partial charge in [0.25, 0.3) is 0 Å². The molecule has 0 saturated carbocycles. The molecule has 2 rings (SSSR count). The number of carbonyl (C=O) groups excluding carboxylic acids is 2. The molecule has 1 aliphatic heterocycles. The Balaban J connectivity index is 2.15. The van der Waals surface area contributed by atoms with Crippen molar-refractivity contribution in [2.24, 2.45) is 0 Å². The fraction of sp³-hybridized carbons (Fsp3) is 0.467. The smallest absolute Gasteiger partial charge is 0.410 e. The third-order valence-electron chi connectivity index (χ3n) is 3.31. The molecule has 0 spiro atoms. The van der Waals surface area contributed by atoms with Gasteiger partial charge in [-0.05, 0) is 18.9 Å². The van der Waals surface area contributed by atoms with Crippen LogP contribution >= 0.6 is 0 Å². The van der Waals surface area contributed by atoms with Gasteiger partial charge in [0.05, 0.1) is 6.61 Å². The molecule has 1 saturated heterocycles. The zero-order valence-electron chi connectivity index (χ0n) is 11.7. The molecule has 20 heavy (non-hydrogen) atoms. The molecule has 1 heterocycles. The maximum absolute atomic E-state index is 12.2. The van der Waals surface area contributed by atoms with Crippen molar-refractivity contribution in [3.8, 4) is 0 Å². The summed E-state index contributed by atoms with van der Waals surface area (Å²) in [4.78, 5) is 25.6. The van der Waals surface area contributed by atoms with Gasteiger partial charge in [-0.2, -0.15) is 0 Å². The lowest BCUT2D eigenvalue weighted by Crippen LogP contribution is -2.53. The summed E-state index contributed by atoms with van der Waals surface area (Å²) < 4.78 is 5.04. The molecule has 0 aromatic heterocycles. The quantitative estimate of drug-likeness (QED) is 0.888. The van der Waals surface area contributed by atoms with Gasteiger partial charge in [0.1, 0.15) is 6.04 Å². The van der Waals surface area contributed by atoms with Crippen LogP contribution in [0.3, 0.4) is 0 Å². The molecule has 1 aromatic carbocycles. The van der Waals surface area contributed by atoms with Crippen LogP contribution in [0.1, 0.15) is 18.9 Å². The third-order valence-corrected chi connectivity index (χ3v) is 3.31. The van der Waals surface area contributed by atoms with Gasteiger partial charge in [0.2, 0.25) is 5.91 Å². The highest BCUT2D eigenvalue weighted by Gasteiger charge is 2.32. The first-order valence-corrected chi connectivity index (χ1v) is 6.97. The zero-order valence-corrected chi connectivity index (χ0v) is 11.7. The average molecular weight is 276 g/mol. The second-order valence-electron chi connectivity index (χ2n) is 4.76. The first-order valence-electron chi connectivity index (χ1n) is 6.97. The Kier molecular flexibility index (Phi) is 4.98. The summed E-state index contributed by atoms with van der Waals surface area (Å²) in [7, 11) is 0. The van der Waals surface area contributed by atoms with Crippen LogP contribution in [0, 0.1) is 0 Å². The molecular weight excluding hydrogens is 256 g/mol. The predicted octanol–water partition coefficient (Wildman–Crippen LogP) is 1.58. The van der Waals surface area contributed by atoms with Crippen LogP contribution in [0.2, 0.25) is 0 Å². The van der Waals surface area contributed by atoms with Crippen LogP contribution in [0.4, 0.5) is 4.79 Å². The van der Waals surface area contributed by atoms with E-state index in [1.807, 2.05) is 37.3 Å². The molecular formula is C15H20N2O3. The van der Waals surface area contributed by atoms with Gasteiger partial charge in [0.15, 0.2) is 0 Å². The summed E-state index contributed by atoms with van der Waals surface area (Å²) >= 11 is 0. The fourth-order valence-corrected chi connectivity index (χ4v) is 2.33. The predicted molar refractivity (Wildman–Crippen MR) is 75.3 cm³/mol. The molecule has 0 unspecified atom stereocenters. The van der Waals surface area contributed by atoms with Crippen molar-refractivity contribution in [2.75, 3.05) is 19.7 Å². The van der Waals surface area contributed by atoms with Crippen LogP contribution in [-0.2, 0) is 16.0 Å². The van der Waals surface area contributed by atoms with Crippen molar-refractivity contribution in [1.82, 2.24) is 10.2 Å². The number of ether oxygens (including phenoxy) is 1. The minimum atomic E-state index is -0.509. The molecule has 1 aliphatic rings. The Morgan fingerprint density at radius 2 is 2.15 bits per heavy atom. The van der Waals surface area contributed by atoms with E-state index in [9.17, 15) is 9.59 Å². The molecule has 0 radical (unpaired) electrons. The monoisotopic (exact) mass is 276 g/mol. The summed E-state index contributed by atoms with van der Waals surface area (Å²) in [5.41, 5.74) is 1.03. The van der Waals surface area contributed by atoms with E-state index in [1.54, 1.807) is 0 Å². The van der Waals surface area contributed by atoms with E-state index in [4.69, 9.17) is 4.74 Å². The number of benzene rings is 1. The number of carbonyl (C=O) groups is 2. The van der Waals surface area contributed by atoms with E-state index in [2.05, 4.69) is 5.32 Å². The number of amides is 2. The maximum Gasteiger partial charge on any atom is 0.410 e. The Morgan fingerprint density at radius 3 is 2.80 bits per heavy atom. The number of hydrogen-bond acceptors (Lipinski definition) is 3. The third kappa shape index (κ3) is 3.50. The average Bonchev–Trinajstić information content (AvgIpc) is 2.47. The van der Waals surface area contributed by atoms with Crippen molar-refractivity contribution in [1.29, 1.82) is 0 Å². The van der Waals surface area contributed by atoms with Crippen LogP contribution in [0.5, 0.6) is 0 Å². The maximum atomic E-state index is 12.2. The van der Waals surface area contributed by atoms with Crippen molar-refractivity contribution in [3.63, 3.8) is 0 Å². The molecule has 0 aliphatic carbocycles. The minimum absolute atomic E-state index is 0.129. The number of likely N-dealkylation sites (N-methyl/N-ethyl adjacent to an activating group) is 1. The number of rotatable bonds is 5. The lowest BCUT2D eigenvalue weighted by atomic mass is 10.0. The zero-order chi connectivity index (χ0) is 14.4. The molecule has 2 amide bonds. The molecule has 0 bridgehead atoms. The van der Waals surface area contributed by atoms with E-state index in [0.717, 1.165) is 12.0 Å². The largest absolute Gasteiger partial charge is 0.449 e. The Bertz CT molecular complexity index is 461. The first-order chi connectivity index (χ1) is 9.72. The lowest BCUT2D eigenvalue weighted by Gasteiger charge is -2.33. The van der Waals surface area contributed by atoms with Gasteiger partial charge in [0, 0.05) is 19.5 Å². The minimum Gasteiger partial charge on any atom is -0.449 e. The van der Waals surface area contributed by atoms with Gasteiger partial charge < -0.3 is 10.1 Å². The highest BCUT2D eigenvalue weighted by Crippen LogP contribution is 2.14. The molecule has 108 valence electrons. The van der Waals surface area contributed by atoms with Crippen LogP contribution in [-0.4, -0.2) is 42.6 Å². The summed E-state index contributed by atoms with van der Waals surface area (Å²) in [5, 5.41) is 2.80. The molecule has 5 heteroatoms. The fourth-order valence-electron chi connectivity index (χ4n) is 2.33. The van der Waals surface area contributed by atoms with E-state index in [1.165, 1.54) is 4.90 Å². The second kappa shape index (κ2) is 6.93. The van der Waals surface area contributed by atoms with Crippen molar-refractivity contribution >= 4 is 12.0 Å². The number of cyclic esters (lactones) is 1. The highest BCUT2D eigenvalue weighted by atomic mass is 16.6. The normalized spacial score (nSPS) is 16.4. The molecule has 1 fully saturated rings. The van der Waals surface area contributed by atoms with Crippen LogP contribution < -0.4 is 5.32 Å². The molecule has 1 atom stereocenters.